The number of carbonyl (C=O) groups excluding carboxylic acids is 1. The lowest BCUT2D eigenvalue weighted by molar-refractivity contribution is 0.0954. The molecule has 0 aliphatic carbocycles. The van der Waals surface area contributed by atoms with Gasteiger partial charge in [0.1, 0.15) is 0 Å². The molecule has 3 aromatic carbocycles. The van der Waals surface area contributed by atoms with Crippen molar-refractivity contribution < 1.29 is 13.2 Å². The van der Waals surface area contributed by atoms with E-state index >= 15 is 0 Å². The zero-order valence-corrected chi connectivity index (χ0v) is 18.9. The fourth-order valence-corrected chi connectivity index (χ4v) is 4.14. The van der Waals surface area contributed by atoms with E-state index in [2.05, 4.69) is 31.2 Å². The van der Waals surface area contributed by atoms with Crippen LogP contribution in [0, 0.1) is 0 Å². The molecule has 0 spiro atoms. The molecule has 0 bridgehead atoms. The first-order valence-electron chi connectivity index (χ1n) is 8.74. The second kappa shape index (κ2) is 9.42. The number of anilines is 1. The van der Waals surface area contributed by atoms with E-state index in [0.29, 0.717) is 5.71 Å². The smallest absolute Gasteiger partial charge is 0.271 e. The third-order valence-corrected chi connectivity index (χ3v) is 6.33. The number of rotatable bonds is 6. The fraction of sp³-hybridized carbons (Fsp3) is 0.0476. The van der Waals surface area contributed by atoms with Crippen molar-refractivity contribution in [2.24, 2.45) is 5.10 Å². The first-order valence-corrected chi connectivity index (χ1v) is 11.4. The summed E-state index contributed by atoms with van der Waals surface area (Å²) in [5.74, 6) is -0.527. The normalized spacial score (nSPS) is 11.8. The van der Waals surface area contributed by atoms with Crippen molar-refractivity contribution in [2.75, 3.05) is 4.72 Å². The lowest BCUT2D eigenvalue weighted by Crippen LogP contribution is -2.20. The molecule has 154 valence electrons. The van der Waals surface area contributed by atoms with Crippen molar-refractivity contribution >= 4 is 54.9 Å². The number of sulfonamides is 1. The Morgan fingerprint density at radius 1 is 0.967 bits per heavy atom. The number of hydrazone groups is 1. The lowest BCUT2D eigenvalue weighted by atomic mass is 10.1. The van der Waals surface area contributed by atoms with E-state index in [1.165, 1.54) is 24.3 Å². The van der Waals surface area contributed by atoms with Crippen LogP contribution in [0.2, 0.25) is 5.02 Å². The number of amides is 1. The van der Waals surface area contributed by atoms with Crippen LogP contribution in [-0.4, -0.2) is 20.0 Å². The number of benzene rings is 3. The van der Waals surface area contributed by atoms with Crippen molar-refractivity contribution in [3.8, 4) is 0 Å². The van der Waals surface area contributed by atoms with Crippen LogP contribution in [0.15, 0.2) is 87.3 Å². The molecule has 0 saturated carbocycles. The Bertz CT molecular complexity index is 1210. The fourth-order valence-electron chi connectivity index (χ4n) is 2.51. The van der Waals surface area contributed by atoms with Crippen molar-refractivity contribution in [2.45, 2.75) is 11.8 Å². The van der Waals surface area contributed by atoms with Gasteiger partial charge in [0.05, 0.1) is 21.3 Å². The van der Waals surface area contributed by atoms with Crippen LogP contribution in [-0.2, 0) is 10.0 Å². The van der Waals surface area contributed by atoms with Gasteiger partial charge in [-0.3, -0.25) is 9.52 Å². The average molecular weight is 507 g/mol. The zero-order valence-electron chi connectivity index (χ0n) is 15.8. The zero-order chi connectivity index (χ0) is 21.7. The summed E-state index contributed by atoms with van der Waals surface area (Å²) in [4.78, 5) is 12.4. The van der Waals surface area contributed by atoms with Crippen molar-refractivity contribution in [1.29, 1.82) is 0 Å². The van der Waals surface area contributed by atoms with Gasteiger partial charge in [0.25, 0.3) is 15.9 Å². The summed E-state index contributed by atoms with van der Waals surface area (Å²) >= 11 is 9.38. The largest absolute Gasteiger partial charge is 0.278 e. The Kier molecular flexibility index (Phi) is 6.91. The molecule has 3 rings (SSSR count). The molecular formula is C21H17BrClN3O3S. The molecule has 1 amide bonds. The highest BCUT2D eigenvalue weighted by Crippen LogP contribution is 2.24. The van der Waals surface area contributed by atoms with E-state index in [-0.39, 0.29) is 21.2 Å². The number of nitrogens with one attached hydrogen (secondary N) is 2. The summed E-state index contributed by atoms with van der Waals surface area (Å²) in [6, 6.07) is 19.6. The van der Waals surface area contributed by atoms with E-state index in [0.717, 1.165) is 10.0 Å². The second-order valence-corrected chi connectivity index (χ2v) is 9.26. The molecule has 30 heavy (non-hydrogen) atoms. The van der Waals surface area contributed by atoms with E-state index in [4.69, 9.17) is 11.6 Å². The number of nitrogens with zero attached hydrogens (tertiary/aromatic N) is 1. The Balaban J connectivity index is 1.77. The molecule has 0 saturated heterocycles. The van der Waals surface area contributed by atoms with E-state index in [1.54, 1.807) is 31.2 Å². The first-order chi connectivity index (χ1) is 14.3. The van der Waals surface area contributed by atoms with Gasteiger partial charge in [-0.15, -0.1) is 0 Å². The topological polar surface area (TPSA) is 87.6 Å². The Morgan fingerprint density at radius 3 is 2.37 bits per heavy atom. The Hall–Kier alpha value is -2.68. The number of halogens is 2. The summed E-state index contributed by atoms with van der Waals surface area (Å²) in [7, 11) is -3.92. The van der Waals surface area contributed by atoms with Gasteiger partial charge in [0.2, 0.25) is 0 Å². The summed E-state index contributed by atoms with van der Waals surface area (Å²) in [5.41, 5.74) is 4.32. The van der Waals surface area contributed by atoms with Crippen LogP contribution in [0.4, 0.5) is 5.69 Å². The molecule has 9 heteroatoms. The van der Waals surface area contributed by atoms with Gasteiger partial charge < -0.3 is 0 Å². The molecule has 6 nitrogen and oxygen atoms in total. The van der Waals surface area contributed by atoms with Crippen LogP contribution in [0.1, 0.15) is 22.8 Å². The predicted molar refractivity (Wildman–Crippen MR) is 123 cm³/mol. The molecule has 0 fully saturated rings. The molecular weight excluding hydrogens is 490 g/mol. The van der Waals surface area contributed by atoms with Crippen molar-refractivity contribution in [3.63, 3.8) is 0 Å². The van der Waals surface area contributed by atoms with Gasteiger partial charge in [0, 0.05) is 10.0 Å². The number of para-hydroxylation sites is 1. The SMILES string of the molecule is C/C(=N\NC(=O)c1cccc(S(=O)(=O)Nc2ccccc2Cl)c1)c1ccc(Br)cc1. The summed E-state index contributed by atoms with van der Waals surface area (Å²) in [6.07, 6.45) is 0. The number of hydrogen-bond donors (Lipinski definition) is 2. The molecule has 0 unspecified atom stereocenters. The highest BCUT2D eigenvalue weighted by molar-refractivity contribution is 9.10. The minimum atomic E-state index is -3.92. The van der Waals surface area contributed by atoms with Crippen LogP contribution in [0.3, 0.4) is 0 Å². The summed E-state index contributed by atoms with van der Waals surface area (Å²) in [5, 5.41) is 4.36. The van der Waals surface area contributed by atoms with Crippen LogP contribution in [0.5, 0.6) is 0 Å². The maximum absolute atomic E-state index is 12.7. The quantitative estimate of drug-likeness (QED) is 0.362. The van der Waals surface area contributed by atoms with Crippen LogP contribution >= 0.6 is 27.5 Å². The summed E-state index contributed by atoms with van der Waals surface area (Å²) < 4.78 is 28.7. The van der Waals surface area contributed by atoms with Crippen LogP contribution in [0.25, 0.3) is 0 Å². The minimum Gasteiger partial charge on any atom is -0.278 e. The highest BCUT2D eigenvalue weighted by Gasteiger charge is 2.17. The van der Waals surface area contributed by atoms with Gasteiger partial charge >= 0.3 is 0 Å². The molecule has 0 aliphatic heterocycles. The third kappa shape index (κ3) is 5.47. The molecule has 2 N–H and O–H groups in total. The Morgan fingerprint density at radius 2 is 1.67 bits per heavy atom. The highest BCUT2D eigenvalue weighted by atomic mass is 79.9. The minimum absolute atomic E-state index is 0.0660. The predicted octanol–water partition coefficient (Wildman–Crippen LogP) is 5.06. The molecule has 0 radical (unpaired) electrons. The van der Waals surface area contributed by atoms with Gasteiger partial charge in [0.15, 0.2) is 0 Å². The van der Waals surface area contributed by atoms with Crippen LogP contribution < -0.4 is 10.1 Å². The van der Waals surface area contributed by atoms with E-state index < -0.39 is 15.9 Å². The lowest BCUT2D eigenvalue weighted by Gasteiger charge is -2.10. The molecule has 0 heterocycles. The molecule has 0 aliphatic rings. The van der Waals surface area contributed by atoms with Crippen molar-refractivity contribution in [1.82, 2.24) is 5.43 Å². The first kappa shape index (κ1) is 22.0. The maximum Gasteiger partial charge on any atom is 0.271 e. The molecule has 3 aromatic rings. The average Bonchev–Trinajstić information content (AvgIpc) is 2.74. The third-order valence-electron chi connectivity index (χ3n) is 4.11. The maximum atomic E-state index is 12.7. The van der Waals surface area contributed by atoms with E-state index in [9.17, 15) is 13.2 Å². The summed E-state index contributed by atoms with van der Waals surface area (Å²) in [6.45, 7) is 1.76. The van der Waals surface area contributed by atoms with Gasteiger partial charge in [-0.1, -0.05) is 57.9 Å². The standard InChI is InChI=1S/C21H17BrClN3O3S/c1-14(15-9-11-17(22)12-10-15)24-25-21(27)16-5-4-6-18(13-16)30(28,29)26-20-8-3-2-7-19(20)23/h2-13,26H,1H3,(H,25,27)/b24-14+. The van der Waals surface area contributed by atoms with Crippen molar-refractivity contribution in [3.05, 3.63) is 93.4 Å². The monoisotopic (exact) mass is 505 g/mol. The molecule has 0 atom stereocenters. The van der Waals surface area contributed by atoms with Gasteiger partial charge in [-0.25, -0.2) is 13.8 Å². The van der Waals surface area contributed by atoms with Gasteiger partial charge in [-0.05, 0) is 55.0 Å². The second-order valence-electron chi connectivity index (χ2n) is 6.26. The Labute approximate surface area is 188 Å². The number of carbonyl (C=O) groups is 1. The van der Waals surface area contributed by atoms with E-state index in [1.807, 2.05) is 24.3 Å². The molecule has 0 aromatic heterocycles. The number of hydrogen-bond acceptors (Lipinski definition) is 4. The van der Waals surface area contributed by atoms with Gasteiger partial charge in [-0.2, -0.15) is 5.10 Å².